The first-order valence-corrected chi connectivity index (χ1v) is 10.3. The van der Waals surface area contributed by atoms with Gasteiger partial charge in [0.25, 0.3) is 10.1 Å². The highest BCUT2D eigenvalue weighted by atomic mass is 32.2. The molecule has 22 heavy (non-hydrogen) atoms. The Morgan fingerprint density at radius 2 is 1.27 bits per heavy atom. The SMILES string of the molecule is CCCCCCCCCCCC(C)(C)C(N)(CC)S(=O)(=O)O. The second-order valence-electron chi connectivity index (χ2n) is 7.18. The Balaban J connectivity index is 4.08. The summed E-state index contributed by atoms with van der Waals surface area (Å²) in [7, 11) is -4.25. The number of nitrogens with two attached hydrogens (primary N) is 1. The van der Waals surface area contributed by atoms with Gasteiger partial charge in [-0.2, -0.15) is 8.42 Å². The third-order valence-corrected chi connectivity index (χ3v) is 6.80. The number of hydrogen-bond acceptors (Lipinski definition) is 3. The molecule has 134 valence electrons. The van der Waals surface area contributed by atoms with Crippen molar-refractivity contribution < 1.29 is 13.0 Å². The minimum Gasteiger partial charge on any atom is -0.310 e. The minimum atomic E-state index is -4.25. The molecule has 0 aromatic rings. The predicted octanol–water partition coefficient (Wildman–Crippen LogP) is 4.89. The zero-order valence-corrected chi connectivity index (χ0v) is 15.8. The molecule has 0 amide bonds. The first kappa shape index (κ1) is 21.9. The number of hydrogen-bond donors (Lipinski definition) is 2. The van der Waals surface area contributed by atoms with Crippen molar-refractivity contribution in [1.29, 1.82) is 0 Å². The van der Waals surface area contributed by atoms with Crippen molar-refractivity contribution in [2.24, 2.45) is 11.1 Å². The Morgan fingerprint density at radius 3 is 1.64 bits per heavy atom. The van der Waals surface area contributed by atoms with E-state index < -0.39 is 20.4 Å². The molecular formula is C17H37NO3S. The molecule has 0 radical (unpaired) electrons. The highest BCUT2D eigenvalue weighted by molar-refractivity contribution is 7.87. The van der Waals surface area contributed by atoms with Gasteiger partial charge in [0.1, 0.15) is 4.87 Å². The lowest BCUT2D eigenvalue weighted by Gasteiger charge is -2.40. The fourth-order valence-electron chi connectivity index (χ4n) is 3.10. The summed E-state index contributed by atoms with van der Waals surface area (Å²) in [4.78, 5) is -1.56. The maximum absolute atomic E-state index is 11.6. The fourth-order valence-corrected chi connectivity index (χ4v) is 4.26. The summed E-state index contributed by atoms with van der Waals surface area (Å²) in [5.74, 6) is 0. The summed E-state index contributed by atoms with van der Waals surface area (Å²) in [6.07, 6.45) is 12.0. The van der Waals surface area contributed by atoms with Crippen LogP contribution in [0.25, 0.3) is 0 Å². The Labute approximate surface area is 138 Å². The molecule has 5 heteroatoms. The van der Waals surface area contributed by atoms with E-state index in [9.17, 15) is 13.0 Å². The van der Waals surface area contributed by atoms with Gasteiger partial charge in [0, 0.05) is 0 Å². The van der Waals surface area contributed by atoms with Crippen molar-refractivity contribution in [1.82, 2.24) is 0 Å². The quantitative estimate of drug-likeness (QED) is 0.371. The van der Waals surface area contributed by atoms with Crippen molar-refractivity contribution >= 4 is 10.1 Å². The average Bonchev–Trinajstić information content (AvgIpc) is 2.43. The molecular weight excluding hydrogens is 298 g/mol. The van der Waals surface area contributed by atoms with Gasteiger partial charge in [-0.3, -0.25) is 4.55 Å². The lowest BCUT2D eigenvalue weighted by atomic mass is 9.78. The molecule has 0 aromatic carbocycles. The van der Waals surface area contributed by atoms with Crippen molar-refractivity contribution in [3.63, 3.8) is 0 Å². The fraction of sp³-hybridized carbons (Fsp3) is 1.00. The molecule has 0 bridgehead atoms. The summed E-state index contributed by atoms with van der Waals surface area (Å²) < 4.78 is 32.7. The number of rotatable bonds is 13. The average molecular weight is 336 g/mol. The summed E-state index contributed by atoms with van der Waals surface area (Å²) in [6.45, 7) is 7.62. The van der Waals surface area contributed by atoms with E-state index in [0.29, 0.717) is 6.42 Å². The zero-order chi connectivity index (χ0) is 17.3. The first-order chi connectivity index (χ1) is 10.1. The van der Waals surface area contributed by atoms with Crippen LogP contribution in [-0.4, -0.2) is 17.8 Å². The van der Waals surface area contributed by atoms with Crippen LogP contribution in [0.15, 0.2) is 0 Å². The second-order valence-corrected chi connectivity index (χ2v) is 8.86. The highest BCUT2D eigenvalue weighted by Crippen LogP contribution is 2.40. The standard InChI is InChI=1S/C17H37NO3S/c1-5-7-8-9-10-11-12-13-14-15-16(3,4)17(18,6-2)22(19,20)21/h5-15,18H2,1-4H3,(H,19,20,21). The smallest absolute Gasteiger partial charge is 0.284 e. The molecule has 0 rings (SSSR count). The summed E-state index contributed by atoms with van der Waals surface area (Å²) in [6, 6.07) is 0. The van der Waals surface area contributed by atoms with E-state index in [1.807, 2.05) is 13.8 Å². The minimum absolute atomic E-state index is 0.219. The monoisotopic (exact) mass is 335 g/mol. The molecule has 0 aliphatic rings. The van der Waals surface area contributed by atoms with Crippen LogP contribution in [0.2, 0.25) is 0 Å². The molecule has 0 saturated carbocycles. The maximum Gasteiger partial charge on any atom is 0.284 e. The van der Waals surface area contributed by atoms with E-state index in [1.54, 1.807) is 6.92 Å². The topological polar surface area (TPSA) is 80.4 Å². The summed E-state index contributed by atoms with van der Waals surface area (Å²) >= 11 is 0. The molecule has 0 fully saturated rings. The summed E-state index contributed by atoms with van der Waals surface area (Å²) in [5, 5.41) is 0. The van der Waals surface area contributed by atoms with Crippen LogP contribution in [0.4, 0.5) is 0 Å². The molecule has 4 nitrogen and oxygen atoms in total. The van der Waals surface area contributed by atoms with Crippen LogP contribution in [-0.2, 0) is 10.1 Å². The Hall–Kier alpha value is -0.130. The van der Waals surface area contributed by atoms with Gasteiger partial charge in [-0.25, -0.2) is 0 Å². The summed E-state index contributed by atoms with van der Waals surface area (Å²) in [5.41, 5.74) is 5.39. The van der Waals surface area contributed by atoms with Gasteiger partial charge < -0.3 is 5.73 Å². The largest absolute Gasteiger partial charge is 0.310 e. The van der Waals surface area contributed by atoms with Gasteiger partial charge in [0.15, 0.2) is 0 Å². The zero-order valence-electron chi connectivity index (χ0n) is 15.0. The second kappa shape index (κ2) is 9.89. The van der Waals surface area contributed by atoms with Gasteiger partial charge in [0.2, 0.25) is 0 Å². The Morgan fingerprint density at radius 1 is 0.864 bits per heavy atom. The third kappa shape index (κ3) is 6.55. The lowest BCUT2D eigenvalue weighted by Crippen LogP contribution is -2.57. The molecule has 0 aliphatic carbocycles. The molecule has 0 aliphatic heterocycles. The molecule has 0 heterocycles. The molecule has 0 aromatic heterocycles. The van der Waals surface area contributed by atoms with Crippen molar-refractivity contribution in [3.8, 4) is 0 Å². The van der Waals surface area contributed by atoms with Gasteiger partial charge in [-0.1, -0.05) is 85.5 Å². The van der Waals surface area contributed by atoms with Crippen LogP contribution < -0.4 is 5.73 Å². The molecule has 0 spiro atoms. The van der Waals surface area contributed by atoms with Gasteiger partial charge >= 0.3 is 0 Å². The predicted molar refractivity (Wildman–Crippen MR) is 94.4 cm³/mol. The van der Waals surface area contributed by atoms with E-state index in [0.717, 1.165) is 12.8 Å². The number of unbranched alkanes of at least 4 members (excludes halogenated alkanes) is 8. The van der Waals surface area contributed by atoms with Crippen molar-refractivity contribution in [2.75, 3.05) is 0 Å². The van der Waals surface area contributed by atoms with E-state index in [1.165, 1.54) is 44.9 Å². The third-order valence-electron chi connectivity index (χ3n) is 5.04. The van der Waals surface area contributed by atoms with Crippen LogP contribution in [0.1, 0.15) is 98.3 Å². The van der Waals surface area contributed by atoms with E-state index >= 15 is 0 Å². The van der Waals surface area contributed by atoms with Crippen LogP contribution in [0.3, 0.4) is 0 Å². The Bertz CT molecular complexity index is 393. The molecule has 1 unspecified atom stereocenters. The van der Waals surface area contributed by atoms with E-state index in [-0.39, 0.29) is 6.42 Å². The first-order valence-electron chi connectivity index (χ1n) is 8.88. The molecule has 1 atom stereocenters. The normalized spacial score (nSPS) is 15.7. The van der Waals surface area contributed by atoms with Crippen LogP contribution >= 0.6 is 0 Å². The van der Waals surface area contributed by atoms with Crippen molar-refractivity contribution in [3.05, 3.63) is 0 Å². The van der Waals surface area contributed by atoms with Gasteiger partial charge in [0.05, 0.1) is 0 Å². The van der Waals surface area contributed by atoms with Crippen molar-refractivity contribution in [2.45, 2.75) is 103 Å². The Kier molecular flexibility index (Phi) is 9.83. The molecule has 0 saturated heterocycles. The lowest BCUT2D eigenvalue weighted by molar-refractivity contribution is 0.197. The van der Waals surface area contributed by atoms with Gasteiger partial charge in [-0.05, 0) is 18.3 Å². The maximum atomic E-state index is 11.6. The van der Waals surface area contributed by atoms with Crippen LogP contribution in [0, 0.1) is 5.41 Å². The highest BCUT2D eigenvalue weighted by Gasteiger charge is 2.49. The molecule has 3 N–H and O–H groups in total. The van der Waals surface area contributed by atoms with Crippen LogP contribution in [0.5, 0.6) is 0 Å². The van der Waals surface area contributed by atoms with Gasteiger partial charge in [-0.15, -0.1) is 0 Å². The van der Waals surface area contributed by atoms with E-state index in [2.05, 4.69) is 6.92 Å². The van der Waals surface area contributed by atoms with E-state index in [4.69, 9.17) is 5.73 Å².